The van der Waals surface area contributed by atoms with Crippen molar-refractivity contribution in [2.24, 2.45) is 0 Å². The molecule has 0 spiro atoms. The van der Waals surface area contributed by atoms with Gasteiger partial charge in [0, 0.05) is 16.2 Å². The highest BCUT2D eigenvalue weighted by atomic mass is 32.1. The van der Waals surface area contributed by atoms with E-state index in [1.807, 2.05) is 22.9 Å². The lowest BCUT2D eigenvalue weighted by atomic mass is 10.2. The van der Waals surface area contributed by atoms with Gasteiger partial charge in [-0.3, -0.25) is 0 Å². The molecule has 0 aliphatic carbocycles. The van der Waals surface area contributed by atoms with E-state index in [1.54, 1.807) is 22.7 Å². The van der Waals surface area contributed by atoms with Crippen LogP contribution in [0.1, 0.15) is 35.1 Å². The van der Waals surface area contributed by atoms with Gasteiger partial charge in [0.15, 0.2) is 0 Å². The van der Waals surface area contributed by atoms with Gasteiger partial charge in [0.25, 0.3) is 0 Å². The zero-order valence-corrected chi connectivity index (χ0v) is 12.5. The van der Waals surface area contributed by atoms with Crippen molar-refractivity contribution in [3.63, 3.8) is 0 Å². The Morgan fingerprint density at radius 2 is 1.60 bits per heavy atom. The number of halogens is 3. The molecule has 2 heterocycles. The van der Waals surface area contributed by atoms with Crippen LogP contribution >= 0.6 is 22.7 Å². The third-order valence-electron chi connectivity index (χ3n) is 2.89. The van der Waals surface area contributed by atoms with E-state index in [-0.39, 0.29) is 12.5 Å². The van der Waals surface area contributed by atoms with Gasteiger partial charge >= 0.3 is 6.18 Å². The Kier molecular flexibility index (Phi) is 5.63. The van der Waals surface area contributed by atoms with Crippen LogP contribution in [-0.2, 0) is 0 Å². The van der Waals surface area contributed by atoms with Crippen molar-refractivity contribution in [1.29, 1.82) is 0 Å². The summed E-state index contributed by atoms with van der Waals surface area (Å²) in [5.41, 5.74) is 0. The molecular weight excluding hydrogens is 303 g/mol. The van der Waals surface area contributed by atoms with Gasteiger partial charge in [-0.1, -0.05) is 12.1 Å². The summed E-state index contributed by atoms with van der Waals surface area (Å²) in [4.78, 5) is 2.39. The maximum absolute atomic E-state index is 12.1. The molecule has 6 heteroatoms. The zero-order valence-electron chi connectivity index (χ0n) is 10.8. The van der Waals surface area contributed by atoms with Crippen LogP contribution in [0.5, 0.6) is 0 Å². The number of alkyl halides is 3. The predicted molar refractivity (Wildman–Crippen MR) is 78.4 cm³/mol. The Hall–Kier alpha value is -0.850. The summed E-state index contributed by atoms with van der Waals surface area (Å²) >= 11 is 3.32. The minimum Gasteiger partial charge on any atom is -0.305 e. The standard InChI is InChI=1S/C14H16F3NS2/c15-14(16,17)7-1-2-8-18-13(11-5-3-9-19-11)12-6-4-10-20-12/h3-6,9-10,13,18H,1-2,7-8H2. The molecule has 0 aromatic carbocycles. The summed E-state index contributed by atoms with van der Waals surface area (Å²) in [6, 6.07) is 8.19. The predicted octanol–water partition coefficient (Wildman–Crippen LogP) is 5.22. The van der Waals surface area contributed by atoms with Crippen LogP contribution in [-0.4, -0.2) is 12.7 Å². The second kappa shape index (κ2) is 7.24. The lowest BCUT2D eigenvalue weighted by Gasteiger charge is -2.16. The van der Waals surface area contributed by atoms with Crippen LogP contribution in [0.25, 0.3) is 0 Å². The van der Waals surface area contributed by atoms with Crippen LogP contribution < -0.4 is 5.32 Å². The Morgan fingerprint density at radius 3 is 2.05 bits per heavy atom. The molecule has 0 saturated heterocycles. The van der Waals surface area contributed by atoms with Gasteiger partial charge in [0.05, 0.1) is 6.04 Å². The molecule has 2 aromatic heterocycles. The smallest absolute Gasteiger partial charge is 0.305 e. The zero-order chi connectivity index (χ0) is 14.4. The quantitative estimate of drug-likeness (QED) is 0.690. The monoisotopic (exact) mass is 319 g/mol. The molecule has 0 fully saturated rings. The van der Waals surface area contributed by atoms with Crippen LogP contribution in [0.15, 0.2) is 35.0 Å². The Balaban J connectivity index is 1.84. The number of hydrogen-bond donors (Lipinski definition) is 1. The maximum atomic E-state index is 12.1. The number of hydrogen-bond acceptors (Lipinski definition) is 3. The third-order valence-corrected chi connectivity index (χ3v) is 4.77. The summed E-state index contributed by atoms with van der Waals surface area (Å²) in [5, 5.41) is 7.39. The lowest BCUT2D eigenvalue weighted by Crippen LogP contribution is -2.22. The summed E-state index contributed by atoms with van der Waals surface area (Å²) < 4.78 is 36.2. The van der Waals surface area contributed by atoms with Gasteiger partial charge in [-0.05, 0) is 42.3 Å². The Bertz CT molecular complexity index is 443. The normalized spacial score (nSPS) is 12.2. The summed E-state index contributed by atoms with van der Waals surface area (Å²) in [6.45, 7) is 0.594. The van der Waals surface area contributed by atoms with Crippen molar-refractivity contribution >= 4 is 22.7 Å². The van der Waals surface area contributed by atoms with E-state index in [0.717, 1.165) is 0 Å². The highest BCUT2D eigenvalue weighted by Gasteiger charge is 2.25. The van der Waals surface area contributed by atoms with E-state index >= 15 is 0 Å². The van der Waals surface area contributed by atoms with Crippen molar-refractivity contribution in [2.45, 2.75) is 31.5 Å². The molecule has 0 radical (unpaired) electrons. The highest BCUT2D eigenvalue weighted by Crippen LogP contribution is 2.29. The first-order chi connectivity index (χ1) is 9.56. The van der Waals surface area contributed by atoms with Gasteiger partial charge in [-0.2, -0.15) is 13.2 Å². The molecule has 2 aromatic rings. The molecule has 110 valence electrons. The molecule has 20 heavy (non-hydrogen) atoms. The van der Waals surface area contributed by atoms with Crippen LogP contribution in [0, 0.1) is 0 Å². The minimum atomic E-state index is -4.04. The second-order valence-corrected chi connectivity index (χ2v) is 6.45. The van der Waals surface area contributed by atoms with Gasteiger partial charge in [-0.15, -0.1) is 22.7 Å². The first kappa shape index (κ1) is 15.5. The van der Waals surface area contributed by atoms with Crippen molar-refractivity contribution in [1.82, 2.24) is 5.32 Å². The molecule has 0 saturated carbocycles. The molecular formula is C14H16F3NS2. The number of rotatable bonds is 7. The molecule has 0 unspecified atom stereocenters. The van der Waals surface area contributed by atoms with E-state index in [0.29, 0.717) is 13.0 Å². The Morgan fingerprint density at radius 1 is 1.00 bits per heavy atom. The fraction of sp³-hybridized carbons (Fsp3) is 0.429. The van der Waals surface area contributed by atoms with E-state index in [9.17, 15) is 13.2 Å². The molecule has 0 aliphatic heterocycles. The summed E-state index contributed by atoms with van der Waals surface area (Å²) in [6.07, 6.45) is -4.02. The first-order valence-electron chi connectivity index (χ1n) is 6.43. The van der Waals surface area contributed by atoms with E-state index in [1.165, 1.54) is 9.75 Å². The second-order valence-electron chi connectivity index (χ2n) is 4.49. The summed E-state index contributed by atoms with van der Waals surface area (Å²) in [7, 11) is 0. The third kappa shape index (κ3) is 4.92. The number of thiophene rings is 2. The van der Waals surface area contributed by atoms with Crippen LogP contribution in [0.2, 0.25) is 0 Å². The fourth-order valence-electron chi connectivity index (χ4n) is 1.95. The Labute approximate surface area is 124 Å². The number of nitrogens with one attached hydrogen (secondary N) is 1. The van der Waals surface area contributed by atoms with Crippen LogP contribution in [0.3, 0.4) is 0 Å². The van der Waals surface area contributed by atoms with Gasteiger partial charge < -0.3 is 5.32 Å². The lowest BCUT2D eigenvalue weighted by molar-refractivity contribution is -0.135. The molecule has 1 N–H and O–H groups in total. The van der Waals surface area contributed by atoms with E-state index < -0.39 is 12.6 Å². The number of unbranched alkanes of at least 4 members (excludes halogenated alkanes) is 1. The van der Waals surface area contributed by atoms with Crippen molar-refractivity contribution in [3.8, 4) is 0 Å². The largest absolute Gasteiger partial charge is 0.389 e. The van der Waals surface area contributed by atoms with Gasteiger partial charge in [0.1, 0.15) is 0 Å². The molecule has 0 aliphatic rings. The van der Waals surface area contributed by atoms with E-state index in [4.69, 9.17) is 0 Å². The van der Waals surface area contributed by atoms with Crippen molar-refractivity contribution in [3.05, 3.63) is 44.8 Å². The molecule has 2 rings (SSSR count). The average Bonchev–Trinajstić information content (AvgIpc) is 3.05. The first-order valence-corrected chi connectivity index (χ1v) is 8.19. The molecule has 0 atom stereocenters. The van der Waals surface area contributed by atoms with Gasteiger partial charge in [0.2, 0.25) is 0 Å². The topological polar surface area (TPSA) is 12.0 Å². The fourth-order valence-corrected chi connectivity index (χ4v) is 3.66. The molecule has 0 amide bonds. The maximum Gasteiger partial charge on any atom is 0.389 e. The minimum absolute atomic E-state index is 0.0980. The summed E-state index contributed by atoms with van der Waals surface area (Å²) in [5.74, 6) is 0. The SMILES string of the molecule is FC(F)(F)CCCCNC(c1cccs1)c1cccs1. The van der Waals surface area contributed by atoms with Crippen LogP contribution in [0.4, 0.5) is 13.2 Å². The molecule has 0 bridgehead atoms. The van der Waals surface area contributed by atoms with Gasteiger partial charge in [-0.25, -0.2) is 0 Å². The highest BCUT2D eigenvalue weighted by molar-refractivity contribution is 7.11. The van der Waals surface area contributed by atoms with E-state index in [2.05, 4.69) is 17.4 Å². The average molecular weight is 319 g/mol. The van der Waals surface area contributed by atoms with Crippen molar-refractivity contribution in [2.75, 3.05) is 6.54 Å². The van der Waals surface area contributed by atoms with Crippen molar-refractivity contribution < 1.29 is 13.2 Å². The molecule has 1 nitrogen and oxygen atoms in total.